The van der Waals surface area contributed by atoms with Crippen molar-refractivity contribution in [1.82, 2.24) is 0 Å². The van der Waals surface area contributed by atoms with E-state index in [2.05, 4.69) is 75.5 Å². The molecule has 0 saturated carbocycles. The summed E-state index contributed by atoms with van der Waals surface area (Å²) in [4.78, 5) is 38.3. The van der Waals surface area contributed by atoms with E-state index in [1.54, 1.807) is 0 Å². The van der Waals surface area contributed by atoms with Crippen LogP contribution < -0.4 is 0 Å². The first-order chi connectivity index (χ1) is 40.0. The number of unbranched alkanes of at least 4 members (excludes halogenated alkanes) is 45. The molecular weight excluding hydrogens is 997 g/mol. The van der Waals surface area contributed by atoms with Gasteiger partial charge in [-0.15, -0.1) is 0 Å². The molecule has 6 heteroatoms. The number of hydrogen-bond acceptors (Lipinski definition) is 6. The fourth-order valence-corrected chi connectivity index (χ4v) is 10.7. The van der Waals surface area contributed by atoms with Gasteiger partial charge in [0.15, 0.2) is 6.10 Å². The first-order valence-corrected chi connectivity index (χ1v) is 35.8. The van der Waals surface area contributed by atoms with Crippen molar-refractivity contribution in [2.24, 2.45) is 0 Å². The van der Waals surface area contributed by atoms with Crippen molar-refractivity contribution in [2.75, 3.05) is 13.2 Å². The minimum atomic E-state index is -0.804. The molecule has 0 aromatic heterocycles. The standard InChI is InChI=1S/C75H136O6/c1-4-7-10-13-16-19-22-25-27-29-31-32-33-34-35-36-37-38-39-40-41-42-44-45-47-50-53-56-59-62-65-68-74(77)80-71-72(70-79-73(76)67-64-61-58-55-52-49-24-21-18-15-12-9-6-3)81-75(78)69-66-63-60-57-54-51-48-46-43-30-28-26-23-20-17-14-11-8-5-2/h9,12,18,21,26,28,49,52,58,61,72H,4-8,10-11,13-17,19-20,22-25,27,29-48,50-51,53-57,59-60,62-71H2,1-3H3/b12-9-,21-18-,28-26-,52-49-,61-58-. The highest BCUT2D eigenvalue weighted by molar-refractivity contribution is 5.71. The Kier molecular flexibility index (Phi) is 67.1. The lowest BCUT2D eigenvalue weighted by Gasteiger charge is -2.18. The summed E-state index contributed by atoms with van der Waals surface area (Å²) in [5, 5.41) is 0. The number of carbonyl (C=O) groups is 3. The van der Waals surface area contributed by atoms with Gasteiger partial charge in [0, 0.05) is 19.3 Å². The number of allylic oxidation sites excluding steroid dienone is 10. The van der Waals surface area contributed by atoms with E-state index in [0.717, 1.165) is 64.2 Å². The predicted molar refractivity (Wildman–Crippen MR) is 353 cm³/mol. The molecule has 472 valence electrons. The van der Waals surface area contributed by atoms with Crippen LogP contribution >= 0.6 is 0 Å². The van der Waals surface area contributed by atoms with Crippen LogP contribution in [0.2, 0.25) is 0 Å². The minimum absolute atomic E-state index is 0.0934. The van der Waals surface area contributed by atoms with Crippen molar-refractivity contribution in [2.45, 2.75) is 386 Å². The molecule has 1 atom stereocenters. The lowest BCUT2D eigenvalue weighted by atomic mass is 10.0. The maximum absolute atomic E-state index is 12.9. The van der Waals surface area contributed by atoms with Crippen LogP contribution in [0, 0.1) is 0 Å². The third kappa shape index (κ3) is 67.8. The quantitative estimate of drug-likeness (QED) is 0.0261. The van der Waals surface area contributed by atoms with E-state index in [9.17, 15) is 14.4 Å². The van der Waals surface area contributed by atoms with Gasteiger partial charge in [-0.05, 0) is 70.6 Å². The first kappa shape index (κ1) is 78.1. The van der Waals surface area contributed by atoms with E-state index in [4.69, 9.17) is 14.2 Å². The van der Waals surface area contributed by atoms with Crippen molar-refractivity contribution in [3.05, 3.63) is 60.8 Å². The summed E-state index contributed by atoms with van der Waals surface area (Å²) in [6.45, 7) is 6.52. The maximum Gasteiger partial charge on any atom is 0.306 e. The van der Waals surface area contributed by atoms with Crippen molar-refractivity contribution < 1.29 is 28.6 Å². The molecule has 6 nitrogen and oxygen atoms in total. The lowest BCUT2D eigenvalue weighted by molar-refractivity contribution is -0.166. The highest BCUT2D eigenvalue weighted by Gasteiger charge is 2.19. The minimum Gasteiger partial charge on any atom is -0.462 e. The van der Waals surface area contributed by atoms with E-state index < -0.39 is 6.10 Å². The largest absolute Gasteiger partial charge is 0.462 e. The van der Waals surface area contributed by atoms with Crippen LogP contribution in [-0.2, 0) is 28.6 Å². The molecule has 0 aliphatic rings. The Labute approximate surface area is 504 Å². The number of ether oxygens (including phenoxy) is 3. The third-order valence-corrected chi connectivity index (χ3v) is 16.0. The zero-order valence-corrected chi connectivity index (χ0v) is 54.3. The van der Waals surface area contributed by atoms with Gasteiger partial charge in [-0.2, -0.15) is 0 Å². The van der Waals surface area contributed by atoms with Gasteiger partial charge in [0.1, 0.15) is 13.2 Å². The molecule has 0 N–H and O–H groups in total. The first-order valence-electron chi connectivity index (χ1n) is 35.8. The van der Waals surface area contributed by atoms with Gasteiger partial charge < -0.3 is 14.2 Å². The summed E-state index contributed by atoms with van der Waals surface area (Å²) in [5.41, 5.74) is 0. The topological polar surface area (TPSA) is 78.9 Å². The van der Waals surface area contributed by atoms with Crippen molar-refractivity contribution in [1.29, 1.82) is 0 Å². The molecule has 0 aliphatic carbocycles. The lowest BCUT2D eigenvalue weighted by Crippen LogP contribution is -2.30. The number of hydrogen-bond donors (Lipinski definition) is 0. The monoisotopic (exact) mass is 1130 g/mol. The second kappa shape index (κ2) is 69.6. The Hall–Kier alpha value is -2.89. The summed E-state index contributed by atoms with van der Waals surface area (Å²) in [6, 6.07) is 0. The summed E-state index contributed by atoms with van der Waals surface area (Å²) >= 11 is 0. The van der Waals surface area contributed by atoms with Gasteiger partial charge in [0.05, 0.1) is 0 Å². The van der Waals surface area contributed by atoms with Crippen LogP contribution in [0.3, 0.4) is 0 Å². The predicted octanol–water partition coefficient (Wildman–Crippen LogP) is 24.7. The molecule has 0 heterocycles. The van der Waals surface area contributed by atoms with Crippen LogP contribution in [0.5, 0.6) is 0 Å². The molecule has 0 radical (unpaired) electrons. The molecule has 1 unspecified atom stereocenters. The van der Waals surface area contributed by atoms with Crippen LogP contribution in [0.25, 0.3) is 0 Å². The Morgan fingerprint density at radius 1 is 0.259 bits per heavy atom. The molecule has 0 fully saturated rings. The van der Waals surface area contributed by atoms with E-state index in [0.29, 0.717) is 19.3 Å². The van der Waals surface area contributed by atoms with E-state index >= 15 is 0 Å². The van der Waals surface area contributed by atoms with Crippen molar-refractivity contribution >= 4 is 17.9 Å². The highest BCUT2D eigenvalue weighted by atomic mass is 16.6. The van der Waals surface area contributed by atoms with Crippen LogP contribution in [0.4, 0.5) is 0 Å². The number of carbonyl (C=O) groups excluding carboxylic acids is 3. The highest BCUT2D eigenvalue weighted by Crippen LogP contribution is 2.19. The molecule has 0 amide bonds. The number of esters is 3. The van der Waals surface area contributed by atoms with Crippen LogP contribution in [0.15, 0.2) is 60.8 Å². The molecule has 0 spiro atoms. The Balaban J connectivity index is 4.18. The average Bonchev–Trinajstić information content (AvgIpc) is 3.46. The van der Waals surface area contributed by atoms with Crippen molar-refractivity contribution in [3.8, 4) is 0 Å². The summed E-state index contributed by atoms with van der Waals surface area (Å²) in [6.07, 6.45) is 90.1. The van der Waals surface area contributed by atoms with Gasteiger partial charge in [0.25, 0.3) is 0 Å². The van der Waals surface area contributed by atoms with Gasteiger partial charge in [0.2, 0.25) is 0 Å². The Morgan fingerprint density at radius 2 is 0.506 bits per heavy atom. The molecule has 0 aromatic rings. The molecule has 0 bridgehead atoms. The van der Waals surface area contributed by atoms with Crippen LogP contribution in [-0.4, -0.2) is 37.2 Å². The zero-order chi connectivity index (χ0) is 58.5. The van der Waals surface area contributed by atoms with E-state index in [1.807, 2.05) is 6.08 Å². The van der Waals surface area contributed by atoms with Crippen molar-refractivity contribution in [3.63, 3.8) is 0 Å². The Morgan fingerprint density at radius 3 is 0.827 bits per heavy atom. The molecule has 0 rings (SSSR count). The fraction of sp³-hybridized carbons (Fsp3) is 0.827. The van der Waals surface area contributed by atoms with E-state index in [1.165, 1.54) is 270 Å². The molecule has 0 aromatic carbocycles. The van der Waals surface area contributed by atoms with Gasteiger partial charge >= 0.3 is 17.9 Å². The third-order valence-electron chi connectivity index (χ3n) is 16.0. The second-order valence-electron chi connectivity index (χ2n) is 24.1. The van der Waals surface area contributed by atoms with E-state index in [-0.39, 0.29) is 37.5 Å². The van der Waals surface area contributed by atoms with Gasteiger partial charge in [-0.25, -0.2) is 0 Å². The number of rotatable bonds is 66. The zero-order valence-electron chi connectivity index (χ0n) is 54.3. The maximum atomic E-state index is 12.9. The molecule has 0 aliphatic heterocycles. The summed E-state index contributed by atoms with van der Waals surface area (Å²) in [5.74, 6) is -0.960. The normalized spacial score (nSPS) is 12.4. The smallest absolute Gasteiger partial charge is 0.306 e. The van der Waals surface area contributed by atoms with Gasteiger partial charge in [-0.1, -0.05) is 351 Å². The molecular formula is C75H136O6. The molecule has 81 heavy (non-hydrogen) atoms. The summed E-state index contributed by atoms with van der Waals surface area (Å²) in [7, 11) is 0. The Bertz CT molecular complexity index is 1440. The van der Waals surface area contributed by atoms with Crippen LogP contribution in [0.1, 0.15) is 380 Å². The average molecular weight is 1130 g/mol. The summed E-state index contributed by atoms with van der Waals surface area (Å²) < 4.78 is 16.9. The molecule has 0 saturated heterocycles. The fourth-order valence-electron chi connectivity index (χ4n) is 10.7. The van der Waals surface area contributed by atoms with Gasteiger partial charge in [-0.3, -0.25) is 14.4 Å². The second-order valence-corrected chi connectivity index (χ2v) is 24.1. The SMILES string of the molecule is CC/C=C\C/C=C\C/C=C\C/C=C\CCC(=O)OCC(COC(=O)CCCCCCCCCCCCCCCCCCCCCCCCCCCCCCCCC)OC(=O)CCCCCCCCCCC/C=C\CCCCCCCC.